The molecular formula is C20H28N2O5. The predicted octanol–water partition coefficient (Wildman–Crippen LogP) is 1.98. The zero-order valence-electron chi connectivity index (χ0n) is 16.2. The third-order valence-electron chi connectivity index (χ3n) is 4.98. The van der Waals surface area contributed by atoms with Crippen LogP contribution in [0.4, 0.5) is 5.88 Å². The number of fused-ring (bicyclic) bond motifs is 1. The van der Waals surface area contributed by atoms with Gasteiger partial charge in [0.05, 0.1) is 18.6 Å². The van der Waals surface area contributed by atoms with Gasteiger partial charge in [0.2, 0.25) is 0 Å². The van der Waals surface area contributed by atoms with Gasteiger partial charge in [-0.1, -0.05) is 6.92 Å². The third-order valence-corrected chi connectivity index (χ3v) is 4.98. The summed E-state index contributed by atoms with van der Waals surface area (Å²) in [7, 11) is 0. The van der Waals surface area contributed by atoms with Gasteiger partial charge in [-0.3, -0.25) is 9.69 Å². The van der Waals surface area contributed by atoms with Crippen LogP contribution in [0.5, 0.6) is 5.75 Å². The Morgan fingerprint density at radius 1 is 1.33 bits per heavy atom. The van der Waals surface area contributed by atoms with Crippen molar-refractivity contribution in [2.45, 2.75) is 27.0 Å². The second-order valence-electron chi connectivity index (χ2n) is 6.72. The molecule has 2 aromatic rings. The first kappa shape index (κ1) is 19.7. The number of morpholine rings is 1. The molecule has 1 saturated heterocycles. The fraction of sp³-hybridized carbons (Fsp3) is 0.550. The van der Waals surface area contributed by atoms with Gasteiger partial charge in [-0.15, -0.1) is 0 Å². The average Bonchev–Trinajstić information content (AvgIpc) is 2.67. The van der Waals surface area contributed by atoms with E-state index >= 15 is 0 Å². The van der Waals surface area contributed by atoms with E-state index in [0.29, 0.717) is 62.1 Å². The number of ether oxygens (including phenoxy) is 2. The number of benzene rings is 1. The molecule has 7 nitrogen and oxygen atoms in total. The first-order valence-corrected chi connectivity index (χ1v) is 9.46. The zero-order chi connectivity index (χ0) is 19.4. The number of hydrogen-bond acceptors (Lipinski definition) is 7. The van der Waals surface area contributed by atoms with E-state index in [4.69, 9.17) is 13.9 Å². The maximum atomic E-state index is 12.5. The summed E-state index contributed by atoms with van der Waals surface area (Å²) >= 11 is 0. The summed E-state index contributed by atoms with van der Waals surface area (Å²) in [5.74, 6) is 1.26. The van der Waals surface area contributed by atoms with Gasteiger partial charge in [0.25, 0.3) is 0 Å². The van der Waals surface area contributed by atoms with Gasteiger partial charge in [0, 0.05) is 31.3 Å². The van der Waals surface area contributed by atoms with Gasteiger partial charge in [0.15, 0.2) is 11.3 Å². The van der Waals surface area contributed by atoms with Gasteiger partial charge < -0.3 is 23.9 Å². The van der Waals surface area contributed by atoms with Crippen LogP contribution in [0.2, 0.25) is 0 Å². The number of rotatable bonds is 7. The van der Waals surface area contributed by atoms with Gasteiger partial charge in [0.1, 0.15) is 24.2 Å². The number of anilines is 1. The van der Waals surface area contributed by atoms with E-state index in [1.807, 2.05) is 29.7 Å². The molecular weight excluding hydrogens is 348 g/mol. The lowest BCUT2D eigenvalue weighted by molar-refractivity contribution is 0.0145. The van der Waals surface area contributed by atoms with Crippen molar-refractivity contribution in [2.75, 3.05) is 50.9 Å². The van der Waals surface area contributed by atoms with E-state index in [9.17, 15) is 9.90 Å². The van der Waals surface area contributed by atoms with E-state index in [1.165, 1.54) is 0 Å². The van der Waals surface area contributed by atoms with Crippen molar-refractivity contribution in [1.29, 1.82) is 0 Å². The Balaban J connectivity index is 1.83. The minimum Gasteiger partial charge on any atom is -0.492 e. The fourth-order valence-corrected chi connectivity index (χ4v) is 3.30. The summed E-state index contributed by atoms with van der Waals surface area (Å²) in [4.78, 5) is 16.5. The topological polar surface area (TPSA) is 75.4 Å². The molecule has 27 heavy (non-hydrogen) atoms. The van der Waals surface area contributed by atoms with E-state index < -0.39 is 6.23 Å². The number of hydrogen-bond donors (Lipinski definition) is 1. The molecule has 1 atom stereocenters. The lowest BCUT2D eigenvalue weighted by Gasteiger charge is -2.27. The summed E-state index contributed by atoms with van der Waals surface area (Å²) in [6.07, 6.45) is -0.509. The number of aliphatic hydroxyl groups is 1. The molecule has 1 aromatic heterocycles. The highest BCUT2D eigenvalue weighted by Crippen LogP contribution is 2.29. The summed E-state index contributed by atoms with van der Waals surface area (Å²) < 4.78 is 17.4. The molecule has 1 unspecified atom stereocenters. The van der Waals surface area contributed by atoms with Crippen LogP contribution in [0, 0.1) is 6.92 Å². The van der Waals surface area contributed by atoms with Crippen molar-refractivity contribution in [3.05, 3.63) is 34.0 Å². The maximum absolute atomic E-state index is 12.5. The van der Waals surface area contributed by atoms with Crippen LogP contribution in [-0.2, 0) is 4.74 Å². The Morgan fingerprint density at radius 2 is 2.07 bits per heavy atom. The number of nitrogens with zero attached hydrogens (tertiary/aromatic N) is 2. The SMILES string of the molecule is CCN(CCOc1ccc2c(=O)cc(N3CCOCC3)oc2c1C)C(C)O. The smallest absolute Gasteiger partial charge is 0.200 e. The maximum Gasteiger partial charge on any atom is 0.200 e. The molecule has 0 radical (unpaired) electrons. The van der Waals surface area contributed by atoms with Crippen LogP contribution >= 0.6 is 0 Å². The number of aliphatic hydroxyl groups excluding tert-OH is 1. The van der Waals surface area contributed by atoms with Gasteiger partial charge in [-0.25, -0.2) is 0 Å². The molecule has 1 fully saturated rings. The lowest BCUT2D eigenvalue weighted by Crippen LogP contribution is -2.36. The Bertz CT molecular complexity index is 827. The summed E-state index contributed by atoms with van der Waals surface area (Å²) in [6, 6.07) is 5.11. The van der Waals surface area contributed by atoms with Crippen LogP contribution in [0.3, 0.4) is 0 Å². The van der Waals surface area contributed by atoms with E-state index in [0.717, 1.165) is 12.1 Å². The molecule has 0 saturated carbocycles. The summed E-state index contributed by atoms with van der Waals surface area (Å²) in [5, 5.41) is 10.2. The number of likely N-dealkylation sites (N-methyl/N-ethyl adjacent to an activating group) is 1. The minimum absolute atomic E-state index is 0.0568. The highest BCUT2D eigenvalue weighted by atomic mass is 16.5. The molecule has 3 rings (SSSR count). The minimum atomic E-state index is -0.509. The fourth-order valence-electron chi connectivity index (χ4n) is 3.30. The van der Waals surface area contributed by atoms with E-state index in [-0.39, 0.29) is 5.43 Å². The Kier molecular flexibility index (Phi) is 6.36. The highest BCUT2D eigenvalue weighted by molar-refractivity contribution is 5.82. The Hall–Kier alpha value is -2.09. The van der Waals surface area contributed by atoms with Gasteiger partial charge in [-0.05, 0) is 32.5 Å². The van der Waals surface area contributed by atoms with E-state index in [2.05, 4.69) is 0 Å². The Morgan fingerprint density at radius 3 is 2.74 bits per heavy atom. The van der Waals surface area contributed by atoms with Crippen LogP contribution in [0.15, 0.2) is 27.4 Å². The summed E-state index contributed by atoms with van der Waals surface area (Å²) in [6.45, 7) is 10.1. The lowest BCUT2D eigenvalue weighted by atomic mass is 10.1. The molecule has 2 heterocycles. The molecule has 148 valence electrons. The monoisotopic (exact) mass is 376 g/mol. The highest BCUT2D eigenvalue weighted by Gasteiger charge is 2.17. The molecule has 0 spiro atoms. The predicted molar refractivity (Wildman–Crippen MR) is 105 cm³/mol. The largest absolute Gasteiger partial charge is 0.492 e. The van der Waals surface area contributed by atoms with Crippen molar-refractivity contribution in [3.8, 4) is 5.75 Å². The first-order chi connectivity index (χ1) is 13.0. The number of aryl methyl sites for hydroxylation is 1. The Labute approximate surface area is 159 Å². The third kappa shape index (κ3) is 4.43. The normalized spacial score (nSPS) is 16.1. The van der Waals surface area contributed by atoms with Gasteiger partial charge >= 0.3 is 0 Å². The zero-order valence-corrected chi connectivity index (χ0v) is 16.2. The van der Waals surface area contributed by atoms with Crippen molar-refractivity contribution < 1.29 is 19.0 Å². The molecule has 0 amide bonds. The van der Waals surface area contributed by atoms with Crippen LogP contribution in [0.25, 0.3) is 11.0 Å². The first-order valence-electron chi connectivity index (χ1n) is 9.46. The molecule has 1 aliphatic heterocycles. The van der Waals surface area contributed by atoms with E-state index in [1.54, 1.807) is 19.1 Å². The molecule has 0 bridgehead atoms. The molecule has 0 aliphatic carbocycles. The van der Waals surface area contributed by atoms with Crippen molar-refractivity contribution >= 4 is 16.9 Å². The standard InChI is InChI=1S/C20H28N2O5/c1-4-21(15(3)23)9-12-26-18-6-5-16-17(24)13-19(27-20(16)14(18)2)22-7-10-25-11-8-22/h5-6,13,15,23H,4,7-12H2,1-3H3. The second kappa shape index (κ2) is 8.73. The molecule has 1 aliphatic rings. The molecule has 7 heteroatoms. The van der Waals surface area contributed by atoms with Crippen LogP contribution < -0.4 is 15.1 Å². The average molecular weight is 376 g/mol. The quantitative estimate of drug-likeness (QED) is 0.741. The molecule has 1 aromatic carbocycles. The van der Waals surface area contributed by atoms with Gasteiger partial charge in [-0.2, -0.15) is 0 Å². The van der Waals surface area contributed by atoms with Crippen molar-refractivity contribution in [3.63, 3.8) is 0 Å². The van der Waals surface area contributed by atoms with Crippen LogP contribution in [-0.4, -0.2) is 62.2 Å². The van der Waals surface area contributed by atoms with Crippen LogP contribution in [0.1, 0.15) is 19.4 Å². The van der Waals surface area contributed by atoms with Crippen molar-refractivity contribution in [1.82, 2.24) is 4.90 Å². The van der Waals surface area contributed by atoms with Crippen molar-refractivity contribution in [2.24, 2.45) is 0 Å². The molecule has 1 N–H and O–H groups in total. The second-order valence-corrected chi connectivity index (χ2v) is 6.72. The summed E-state index contributed by atoms with van der Waals surface area (Å²) in [5.41, 5.74) is 1.31.